The second kappa shape index (κ2) is 7.60. The molecule has 25 heavy (non-hydrogen) atoms. The van der Waals surface area contributed by atoms with Gasteiger partial charge in [-0.3, -0.25) is 9.59 Å². The van der Waals surface area contributed by atoms with E-state index in [1.807, 2.05) is 0 Å². The molecule has 1 fully saturated rings. The molecular weight excluding hydrogens is 329 g/mol. The Hall–Kier alpha value is -2.48. The third-order valence-corrected chi connectivity index (χ3v) is 4.19. The minimum atomic E-state index is -0.792. The number of nitrogens with one attached hydrogen (secondary N) is 1. The molecular formula is C17H20FN3O4. The number of amides is 2. The lowest BCUT2D eigenvalue weighted by Gasteiger charge is -2.29. The van der Waals surface area contributed by atoms with E-state index in [9.17, 15) is 14.0 Å². The largest absolute Gasteiger partial charge is 0.382 e. The number of hydrogen-bond donors (Lipinski definition) is 1. The average Bonchev–Trinajstić information content (AvgIpc) is 3.12. The lowest BCUT2D eigenvalue weighted by molar-refractivity contribution is -0.141. The summed E-state index contributed by atoms with van der Waals surface area (Å²) in [5.74, 6) is -0.877. The van der Waals surface area contributed by atoms with Crippen molar-refractivity contribution in [3.63, 3.8) is 0 Å². The molecule has 0 radical (unpaired) electrons. The molecule has 0 bridgehead atoms. The third-order valence-electron chi connectivity index (χ3n) is 4.19. The van der Waals surface area contributed by atoms with Crippen molar-refractivity contribution in [1.29, 1.82) is 0 Å². The molecule has 7 nitrogen and oxygen atoms in total. The van der Waals surface area contributed by atoms with E-state index in [0.717, 1.165) is 0 Å². The van der Waals surface area contributed by atoms with Crippen molar-refractivity contribution in [1.82, 2.24) is 10.2 Å². The molecule has 0 spiro atoms. The molecule has 0 aromatic heterocycles. The summed E-state index contributed by atoms with van der Waals surface area (Å²) >= 11 is 0. The number of carbonyl (C=O) groups excluding carboxylic acids is 2. The number of nitrogens with zero attached hydrogens (tertiary/aromatic N) is 2. The molecule has 2 aliphatic rings. The van der Waals surface area contributed by atoms with E-state index in [-0.39, 0.29) is 18.1 Å². The number of oxime groups is 1. The summed E-state index contributed by atoms with van der Waals surface area (Å²) in [7, 11) is 0. The van der Waals surface area contributed by atoms with Gasteiger partial charge in [0.05, 0.1) is 18.9 Å². The summed E-state index contributed by atoms with van der Waals surface area (Å²) in [6.07, 6.45) is -0.518. The SMILES string of the molecule is C[C@@H](NC(=O)[C@H]1CC(c2ccc(F)cc2)=NO1)C(=O)N1CCOCC1. The Bertz CT molecular complexity index is 671. The van der Waals surface area contributed by atoms with Gasteiger partial charge in [-0.15, -0.1) is 0 Å². The van der Waals surface area contributed by atoms with E-state index in [2.05, 4.69) is 10.5 Å². The Morgan fingerprint density at radius 2 is 1.96 bits per heavy atom. The zero-order valence-electron chi connectivity index (χ0n) is 13.9. The summed E-state index contributed by atoms with van der Waals surface area (Å²) in [5, 5.41) is 6.57. The first-order chi connectivity index (χ1) is 12.0. The molecule has 1 saturated heterocycles. The normalized spacial score (nSPS) is 21.3. The van der Waals surface area contributed by atoms with Gasteiger partial charge < -0.3 is 19.8 Å². The van der Waals surface area contributed by atoms with Crippen LogP contribution in [0.1, 0.15) is 18.9 Å². The molecule has 1 N–H and O–H groups in total. The Kier molecular flexibility index (Phi) is 5.28. The summed E-state index contributed by atoms with van der Waals surface area (Å²) in [5.41, 5.74) is 1.28. The quantitative estimate of drug-likeness (QED) is 0.867. The van der Waals surface area contributed by atoms with Crippen molar-refractivity contribution >= 4 is 17.5 Å². The van der Waals surface area contributed by atoms with Gasteiger partial charge in [-0.1, -0.05) is 17.3 Å². The highest BCUT2D eigenvalue weighted by Crippen LogP contribution is 2.17. The summed E-state index contributed by atoms with van der Waals surface area (Å²) in [6, 6.07) is 5.18. The molecule has 8 heteroatoms. The Morgan fingerprint density at radius 1 is 1.28 bits per heavy atom. The molecule has 2 aliphatic heterocycles. The van der Waals surface area contributed by atoms with Crippen LogP contribution in [0.2, 0.25) is 0 Å². The predicted molar refractivity (Wildman–Crippen MR) is 87.4 cm³/mol. The van der Waals surface area contributed by atoms with Crippen LogP contribution in [0.15, 0.2) is 29.4 Å². The topological polar surface area (TPSA) is 80.2 Å². The van der Waals surface area contributed by atoms with Gasteiger partial charge in [-0.25, -0.2) is 4.39 Å². The number of halogens is 1. The number of hydrogen-bond acceptors (Lipinski definition) is 5. The lowest BCUT2D eigenvalue weighted by atomic mass is 10.0. The lowest BCUT2D eigenvalue weighted by Crippen LogP contribution is -2.52. The third kappa shape index (κ3) is 4.14. The van der Waals surface area contributed by atoms with Crippen LogP contribution in [0.25, 0.3) is 0 Å². The molecule has 0 saturated carbocycles. The second-order valence-electron chi connectivity index (χ2n) is 6.01. The van der Waals surface area contributed by atoms with E-state index in [1.165, 1.54) is 12.1 Å². The summed E-state index contributed by atoms with van der Waals surface area (Å²) < 4.78 is 18.2. The van der Waals surface area contributed by atoms with E-state index in [1.54, 1.807) is 24.0 Å². The second-order valence-corrected chi connectivity index (χ2v) is 6.01. The van der Waals surface area contributed by atoms with E-state index in [0.29, 0.717) is 37.6 Å². The minimum Gasteiger partial charge on any atom is -0.382 e. The summed E-state index contributed by atoms with van der Waals surface area (Å²) in [6.45, 7) is 3.71. The van der Waals surface area contributed by atoms with E-state index in [4.69, 9.17) is 9.57 Å². The number of rotatable bonds is 4. The van der Waals surface area contributed by atoms with Crippen molar-refractivity contribution in [3.8, 4) is 0 Å². The fourth-order valence-electron chi connectivity index (χ4n) is 2.76. The monoisotopic (exact) mass is 349 g/mol. The molecule has 2 amide bonds. The first-order valence-corrected chi connectivity index (χ1v) is 8.20. The van der Waals surface area contributed by atoms with Crippen LogP contribution in [0, 0.1) is 5.82 Å². The van der Waals surface area contributed by atoms with Crippen LogP contribution < -0.4 is 5.32 Å². The molecule has 3 rings (SSSR count). The first-order valence-electron chi connectivity index (χ1n) is 8.20. The molecule has 0 unspecified atom stereocenters. The first kappa shape index (κ1) is 17.3. The van der Waals surface area contributed by atoms with Gasteiger partial charge in [0.2, 0.25) is 12.0 Å². The molecule has 1 aromatic rings. The number of ether oxygens (including phenoxy) is 1. The Balaban J connectivity index is 1.52. The molecule has 2 atom stereocenters. The van der Waals surface area contributed by atoms with Crippen molar-refractivity contribution in [2.24, 2.45) is 5.16 Å². The van der Waals surface area contributed by atoms with Gasteiger partial charge in [-0.2, -0.15) is 0 Å². The maximum Gasteiger partial charge on any atom is 0.264 e. The number of morpholine rings is 1. The zero-order valence-corrected chi connectivity index (χ0v) is 13.9. The molecule has 1 aromatic carbocycles. The predicted octanol–water partition coefficient (Wildman–Crippen LogP) is 0.682. The highest BCUT2D eigenvalue weighted by atomic mass is 19.1. The standard InChI is InChI=1S/C17H20FN3O4/c1-11(17(23)21-6-8-24-9-7-21)19-16(22)15-10-14(20-25-15)12-2-4-13(18)5-3-12/h2-5,11,15H,6-10H2,1H3,(H,19,22)/t11-,15-/m1/s1. The summed E-state index contributed by atoms with van der Waals surface area (Å²) in [4.78, 5) is 31.5. The van der Waals surface area contributed by atoms with Gasteiger partial charge in [0.25, 0.3) is 5.91 Å². The number of carbonyl (C=O) groups is 2. The maximum absolute atomic E-state index is 13.0. The molecule has 134 valence electrons. The van der Waals surface area contributed by atoms with E-state index < -0.39 is 18.1 Å². The Morgan fingerprint density at radius 3 is 2.64 bits per heavy atom. The highest BCUT2D eigenvalue weighted by Gasteiger charge is 2.32. The zero-order chi connectivity index (χ0) is 17.8. The molecule has 0 aliphatic carbocycles. The van der Waals surface area contributed by atoms with Gasteiger partial charge in [0.15, 0.2) is 0 Å². The van der Waals surface area contributed by atoms with Crippen molar-refractivity contribution in [3.05, 3.63) is 35.6 Å². The van der Waals surface area contributed by atoms with Crippen LogP contribution in [-0.2, 0) is 19.2 Å². The van der Waals surface area contributed by atoms with E-state index >= 15 is 0 Å². The van der Waals surface area contributed by atoms with Gasteiger partial charge in [0.1, 0.15) is 11.9 Å². The molecule has 2 heterocycles. The fraction of sp³-hybridized carbons (Fsp3) is 0.471. The maximum atomic E-state index is 13.0. The van der Waals surface area contributed by atoms with Crippen molar-refractivity contribution in [2.45, 2.75) is 25.5 Å². The van der Waals surface area contributed by atoms with Crippen LogP contribution in [0.4, 0.5) is 4.39 Å². The van der Waals surface area contributed by atoms with Gasteiger partial charge >= 0.3 is 0 Å². The van der Waals surface area contributed by atoms with Crippen molar-refractivity contribution < 1.29 is 23.6 Å². The minimum absolute atomic E-state index is 0.144. The van der Waals surface area contributed by atoms with Gasteiger partial charge in [-0.05, 0) is 24.6 Å². The smallest absolute Gasteiger partial charge is 0.264 e. The Labute approximate surface area is 144 Å². The highest BCUT2D eigenvalue weighted by molar-refractivity contribution is 6.04. The average molecular weight is 349 g/mol. The fourth-order valence-corrected chi connectivity index (χ4v) is 2.76. The van der Waals surface area contributed by atoms with Gasteiger partial charge in [0, 0.05) is 19.5 Å². The van der Waals surface area contributed by atoms with Crippen LogP contribution >= 0.6 is 0 Å². The van der Waals surface area contributed by atoms with Crippen LogP contribution in [0.3, 0.4) is 0 Å². The van der Waals surface area contributed by atoms with Crippen LogP contribution in [-0.4, -0.2) is 60.9 Å². The number of benzene rings is 1. The van der Waals surface area contributed by atoms with Crippen molar-refractivity contribution in [2.75, 3.05) is 26.3 Å². The van der Waals surface area contributed by atoms with Crippen LogP contribution in [0.5, 0.6) is 0 Å².